The van der Waals surface area contributed by atoms with Crippen LogP contribution in [-0.4, -0.2) is 37.2 Å². The van der Waals surface area contributed by atoms with Crippen LogP contribution in [0, 0.1) is 0 Å². The van der Waals surface area contributed by atoms with Crippen LogP contribution in [0.15, 0.2) is 97.2 Å². The first kappa shape index (κ1) is 79.3. The van der Waals surface area contributed by atoms with E-state index in [2.05, 4.69) is 118 Å². The number of hydrogen-bond acceptors (Lipinski definition) is 6. The van der Waals surface area contributed by atoms with Gasteiger partial charge in [0.2, 0.25) is 0 Å². The highest BCUT2D eigenvalue weighted by atomic mass is 16.6. The molecule has 0 spiro atoms. The SMILES string of the molecule is CC/C=C\C/C=C\C/C=C\C/C=C\C/C=C\C/C=C\C/C=C\CCCCCC(=O)OCC(COC(=O)CCCCCCC/C=C\CCCCCCCC)OC(=O)CCCCCCCCCCCCCCCCCCCCCCCCCCC. The lowest BCUT2D eigenvalue weighted by atomic mass is 10.0. The fraction of sp³-hybridized carbons (Fsp3) is 0.753. The van der Waals surface area contributed by atoms with Crippen LogP contribution >= 0.6 is 0 Å². The largest absolute Gasteiger partial charge is 0.462 e. The summed E-state index contributed by atoms with van der Waals surface area (Å²) < 4.78 is 17.0. The lowest BCUT2D eigenvalue weighted by molar-refractivity contribution is -0.167. The molecule has 478 valence electrons. The molecule has 0 bridgehead atoms. The molecular formula is C77H134O6. The zero-order valence-electron chi connectivity index (χ0n) is 54.9. The second-order valence-electron chi connectivity index (χ2n) is 23.8. The summed E-state index contributed by atoms with van der Waals surface area (Å²) in [6.45, 7) is 6.54. The minimum Gasteiger partial charge on any atom is -0.462 e. The molecule has 0 N–H and O–H groups in total. The molecule has 0 radical (unpaired) electrons. The van der Waals surface area contributed by atoms with Crippen LogP contribution in [0.4, 0.5) is 0 Å². The molecule has 0 aromatic carbocycles. The number of unbranched alkanes of at least 4 members (excludes halogenated alkanes) is 38. The smallest absolute Gasteiger partial charge is 0.306 e. The Kier molecular flexibility index (Phi) is 67.7. The first-order chi connectivity index (χ1) is 41.0. The second-order valence-corrected chi connectivity index (χ2v) is 23.8. The van der Waals surface area contributed by atoms with Gasteiger partial charge in [-0.25, -0.2) is 0 Å². The van der Waals surface area contributed by atoms with Crippen molar-refractivity contribution in [2.75, 3.05) is 13.2 Å². The lowest BCUT2D eigenvalue weighted by Crippen LogP contribution is -2.30. The van der Waals surface area contributed by atoms with Gasteiger partial charge in [0.25, 0.3) is 0 Å². The maximum absolute atomic E-state index is 13.0. The fourth-order valence-corrected chi connectivity index (χ4v) is 10.2. The molecule has 0 rings (SSSR count). The number of hydrogen-bond donors (Lipinski definition) is 0. The molecule has 1 atom stereocenters. The van der Waals surface area contributed by atoms with Crippen molar-refractivity contribution < 1.29 is 28.6 Å². The molecule has 0 amide bonds. The molecule has 0 saturated carbocycles. The number of carbonyl (C=O) groups is 3. The predicted molar refractivity (Wildman–Crippen MR) is 362 cm³/mol. The third-order valence-electron chi connectivity index (χ3n) is 15.6. The quantitative estimate of drug-likeness (QED) is 0.0261. The topological polar surface area (TPSA) is 78.9 Å². The molecule has 6 nitrogen and oxygen atoms in total. The Balaban J connectivity index is 4.38. The summed E-state index contributed by atoms with van der Waals surface area (Å²) in [5.74, 6) is -0.914. The van der Waals surface area contributed by atoms with Crippen molar-refractivity contribution in [2.24, 2.45) is 0 Å². The van der Waals surface area contributed by atoms with Crippen molar-refractivity contribution >= 4 is 17.9 Å². The van der Waals surface area contributed by atoms with Crippen molar-refractivity contribution in [3.05, 3.63) is 97.2 Å². The number of rotatable bonds is 65. The molecule has 0 aliphatic rings. The Labute approximate surface area is 515 Å². The highest BCUT2D eigenvalue weighted by Crippen LogP contribution is 2.18. The van der Waals surface area contributed by atoms with Crippen LogP contribution in [-0.2, 0) is 28.6 Å². The molecule has 0 aliphatic heterocycles. The molecule has 0 aromatic heterocycles. The minimum atomic E-state index is -0.796. The van der Waals surface area contributed by atoms with Gasteiger partial charge >= 0.3 is 17.9 Å². The van der Waals surface area contributed by atoms with Crippen LogP contribution in [0.3, 0.4) is 0 Å². The molecule has 0 aliphatic carbocycles. The average molecular weight is 1160 g/mol. The zero-order chi connectivity index (χ0) is 59.9. The van der Waals surface area contributed by atoms with E-state index in [1.807, 2.05) is 0 Å². The Morgan fingerprint density at radius 1 is 0.253 bits per heavy atom. The molecule has 1 unspecified atom stereocenters. The van der Waals surface area contributed by atoms with Crippen molar-refractivity contribution in [1.82, 2.24) is 0 Å². The molecule has 0 aromatic rings. The van der Waals surface area contributed by atoms with Gasteiger partial charge in [0.05, 0.1) is 0 Å². The highest BCUT2D eigenvalue weighted by molar-refractivity contribution is 5.71. The van der Waals surface area contributed by atoms with Gasteiger partial charge in [-0.2, -0.15) is 0 Å². The summed E-state index contributed by atoms with van der Waals surface area (Å²) >= 11 is 0. The summed E-state index contributed by atoms with van der Waals surface area (Å²) in [6.07, 6.45) is 95.8. The number of carbonyl (C=O) groups excluding carboxylic acids is 3. The van der Waals surface area contributed by atoms with E-state index in [0.717, 1.165) is 116 Å². The molecule has 83 heavy (non-hydrogen) atoms. The van der Waals surface area contributed by atoms with E-state index < -0.39 is 6.10 Å². The van der Waals surface area contributed by atoms with Crippen LogP contribution < -0.4 is 0 Å². The molecule has 0 fully saturated rings. The standard InChI is InChI=1S/C77H134O6/c1-4-7-10-13-16-19-22-25-28-30-32-34-36-38-40-42-44-46-49-52-55-58-61-64-67-70-76(79)82-73-74(72-81-75(78)69-66-63-60-57-54-51-48-27-24-21-18-15-12-9-6-3)83-77(80)71-68-65-62-59-56-53-50-47-45-43-41-39-37-35-33-31-29-26-23-20-17-14-11-8-5-2/h7,10,16,19,25,27-28,32,34,38,40,44,46,48,52,55,74H,4-6,8-9,11-15,17-18,20-24,26,29-31,33,35-37,39,41-43,45,47,49-51,53-54,56-73H2,1-3H3/b10-7-,19-16-,28-25-,34-32-,40-38-,46-44-,48-27-,55-52-. The van der Waals surface area contributed by atoms with Gasteiger partial charge in [-0.3, -0.25) is 14.4 Å². The predicted octanol–water partition coefficient (Wildman–Crippen LogP) is 24.8. The van der Waals surface area contributed by atoms with E-state index in [4.69, 9.17) is 14.2 Å². The van der Waals surface area contributed by atoms with E-state index in [1.54, 1.807) is 0 Å². The Morgan fingerprint density at radius 2 is 0.470 bits per heavy atom. The first-order valence-corrected chi connectivity index (χ1v) is 35.7. The van der Waals surface area contributed by atoms with E-state index in [9.17, 15) is 14.4 Å². The van der Waals surface area contributed by atoms with E-state index in [-0.39, 0.29) is 31.1 Å². The van der Waals surface area contributed by atoms with Gasteiger partial charge < -0.3 is 14.2 Å². The molecule has 6 heteroatoms. The van der Waals surface area contributed by atoms with Gasteiger partial charge in [-0.1, -0.05) is 330 Å². The van der Waals surface area contributed by atoms with Crippen LogP contribution in [0.25, 0.3) is 0 Å². The monoisotopic (exact) mass is 1160 g/mol. The van der Waals surface area contributed by atoms with Gasteiger partial charge in [-0.05, 0) is 103 Å². The fourth-order valence-electron chi connectivity index (χ4n) is 10.2. The van der Waals surface area contributed by atoms with Gasteiger partial charge in [0, 0.05) is 19.3 Å². The van der Waals surface area contributed by atoms with Gasteiger partial charge in [0.1, 0.15) is 13.2 Å². The van der Waals surface area contributed by atoms with Crippen molar-refractivity contribution in [2.45, 2.75) is 361 Å². The summed E-state index contributed by atoms with van der Waals surface area (Å²) in [6, 6.07) is 0. The summed E-state index contributed by atoms with van der Waals surface area (Å²) in [5, 5.41) is 0. The molecular weight excluding hydrogens is 1020 g/mol. The van der Waals surface area contributed by atoms with Crippen LogP contribution in [0.1, 0.15) is 355 Å². The third-order valence-corrected chi connectivity index (χ3v) is 15.6. The molecule has 0 saturated heterocycles. The number of esters is 3. The summed E-state index contributed by atoms with van der Waals surface area (Å²) in [5.41, 5.74) is 0. The summed E-state index contributed by atoms with van der Waals surface area (Å²) in [7, 11) is 0. The minimum absolute atomic E-state index is 0.0900. The Hall–Kier alpha value is -3.67. The van der Waals surface area contributed by atoms with E-state index in [0.29, 0.717) is 19.3 Å². The van der Waals surface area contributed by atoms with Crippen molar-refractivity contribution in [3.63, 3.8) is 0 Å². The number of ether oxygens (including phenoxy) is 3. The Morgan fingerprint density at radius 3 is 0.759 bits per heavy atom. The zero-order valence-corrected chi connectivity index (χ0v) is 54.9. The van der Waals surface area contributed by atoms with E-state index in [1.165, 1.54) is 199 Å². The maximum atomic E-state index is 13.0. The Bertz CT molecular complexity index is 1610. The normalized spacial score (nSPS) is 12.7. The second kappa shape index (κ2) is 70.8. The van der Waals surface area contributed by atoms with Crippen molar-refractivity contribution in [3.8, 4) is 0 Å². The lowest BCUT2D eigenvalue weighted by Gasteiger charge is -2.18. The first-order valence-electron chi connectivity index (χ1n) is 35.7. The average Bonchev–Trinajstić information content (AvgIpc) is 3.49. The van der Waals surface area contributed by atoms with E-state index >= 15 is 0 Å². The maximum Gasteiger partial charge on any atom is 0.306 e. The van der Waals surface area contributed by atoms with Gasteiger partial charge in [0.15, 0.2) is 6.10 Å². The highest BCUT2D eigenvalue weighted by Gasteiger charge is 2.19. The number of allylic oxidation sites excluding steroid dienone is 16. The van der Waals surface area contributed by atoms with Gasteiger partial charge in [-0.15, -0.1) is 0 Å². The molecule has 0 heterocycles. The van der Waals surface area contributed by atoms with Crippen LogP contribution in [0.2, 0.25) is 0 Å². The van der Waals surface area contributed by atoms with Crippen LogP contribution in [0.5, 0.6) is 0 Å². The van der Waals surface area contributed by atoms with Crippen molar-refractivity contribution in [1.29, 1.82) is 0 Å². The summed E-state index contributed by atoms with van der Waals surface area (Å²) in [4.78, 5) is 38.5. The third kappa shape index (κ3) is 69.0.